The Kier molecular flexibility index (Phi) is 6.68. The molecule has 0 radical (unpaired) electrons. The Hall–Kier alpha value is -2.57. The highest BCUT2D eigenvalue weighted by atomic mass is 16.5. The van der Waals surface area contributed by atoms with E-state index >= 15 is 0 Å². The molecule has 7 nitrogen and oxygen atoms in total. The highest BCUT2D eigenvalue weighted by molar-refractivity contribution is 5.79. The third-order valence-electron chi connectivity index (χ3n) is 4.62. The maximum Gasteiger partial charge on any atom is 0.228 e. The number of guanidine groups is 1. The lowest BCUT2D eigenvalue weighted by Gasteiger charge is -2.34. The summed E-state index contributed by atoms with van der Waals surface area (Å²) in [5.74, 6) is 3.56. The van der Waals surface area contributed by atoms with Crippen molar-refractivity contribution in [2.45, 2.75) is 45.1 Å². The van der Waals surface area contributed by atoms with Crippen molar-refractivity contribution in [2.24, 2.45) is 4.99 Å². The topological polar surface area (TPSA) is 75.8 Å². The number of likely N-dealkylation sites (tertiary alicyclic amines) is 1. The standard InChI is InChI=1S/C20H29N5O2/c1-15(2)19-23-18(27-24-19)9-12-22-20(21-3)25-13-10-17(11-14-25)26-16-7-5-4-6-8-16/h4-8,15,17H,9-14H2,1-3H3,(H,21,22). The van der Waals surface area contributed by atoms with E-state index in [0.717, 1.165) is 43.5 Å². The molecule has 0 spiro atoms. The Balaban J connectivity index is 1.42. The molecule has 2 aromatic rings. The van der Waals surface area contributed by atoms with Gasteiger partial charge in [0.15, 0.2) is 11.8 Å². The molecule has 27 heavy (non-hydrogen) atoms. The molecular weight excluding hydrogens is 342 g/mol. The zero-order valence-electron chi connectivity index (χ0n) is 16.4. The summed E-state index contributed by atoms with van der Waals surface area (Å²) in [5, 5.41) is 7.40. The lowest BCUT2D eigenvalue weighted by atomic mass is 10.1. The van der Waals surface area contributed by atoms with Crippen molar-refractivity contribution in [3.63, 3.8) is 0 Å². The number of hydrogen-bond donors (Lipinski definition) is 1. The minimum Gasteiger partial charge on any atom is -0.490 e. The van der Waals surface area contributed by atoms with Crippen LogP contribution in [0.5, 0.6) is 5.75 Å². The SMILES string of the molecule is CN=C(NCCc1nc(C(C)C)no1)N1CCC(Oc2ccccc2)CC1. The van der Waals surface area contributed by atoms with Gasteiger partial charge in [-0.3, -0.25) is 4.99 Å². The largest absolute Gasteiger partial charge is 0.490 e. The van der Waals surface area contributed by atoms with Gasteiger partial charge in [0.05, 0.1) is 0 Å². The third kappa shape index (κ3) is 5.45. The van der Waals surface area contributed by atoms with Gasteiger partial charge in [0.1, 0.15) is 11.9 Å². The summed E-state index contributed by atoms with van der Waals surface area (Å²) in [7, 11) is 1.82. The van der Waals surface area contributed by atoms with Crippen LogP contribution in [0.15, 0.2) is 39.8 Å². The predicted octanol–water partition coefficient (Wildman–Crippen LogP) is 2.85. The highest BCUT2D eigenvalue weighted by Gasteiger charge is 2.22. The van der Waals surface area contributed by atoms with E-state index in [4.69, 9.17) is 9.26 Å². The number of rotatable bonds is 6. The number of aromatic nitrogens is 2. The summed E-state index contributed by atoms with van der Waals surface area (Å²) in [6.07, 6.45) is 2.91. The molecule has 3 rings (SSSR count). The van der Waals surface area contributed by atoms with Gasteiger partial charge in [0.2, 0.25) is 5.89 Å². The molecule has 0 unspecified atom stereocenters. The van der Waals surface area contributed by atoms with Crippen LogP contribution in [0.3, 0.4) is 0 Å². The molecule has 1 N–H and O–H groups in total. The van der Waals surface area contributed by atoms with Gasteiger partial charge in [0, 0.05) is 51.9 Å². The summed E-state index contributed by atoms with van der Waals surface area (Å²) >= 11 is 0. The van der Waals surface area contributed by atoms with E-state index in [0.29, 0.717) is 18.9 Å². The molecular formula is C20H29N5O2. The van der Waals surface area contributed by atoms with Gasteiger partial charge >= 0.3 is 0 Å². The van der Waals surface area contributed by atoms with Gasteiger partial charge in [-0.2, -0.15) is 4.98 Å². The van der Waals surface area contributed by atoms with Crippen LogP contribution in [0, 0.1) is 0 Å². The first-order valence-corrected chi connectivity index (χ1v) is 9.65. The first kappa shape index (κ1) is 19.2. The molecule has 2 heterocycles. The number of piperidine rings is 1. The zero-order chi connectivity index (χ0) is 19.1. The summed E-state index contributed by atoms with van der Waals surface area (Å²) in [4.78, 5) is 11.1. The molecule has 1 aliphatic heterocycles. The summed E-state index contributed by atoms with van der Waals surface area (Å²) in [6, 6.07) is 10.0. The second kappa shape index (κ2) is 9.39. The molecule has 146 valence electrons. The average molecular weight is 371 g/mol. The number of ether oxygens (including phenoxy) is 1. The van der Waals surface area contributed by atoms with Crippen molar-refractivity contribution < 1.29 is 9.26 Å². The smallest absolute Gasteiger partial charge is 0.228 e. The Bertz CT molecular complexity index is 721. The molecule has 0 bridgehead atoms. The zero-order valence-corrected chi connectivity index (χ0v) is 16.4. The summed E-state index contributed by atoms with van der Waals surface area (Å²) in [6.45, 7) is 6.68. The van der Waals surface area contributed by atoms with Crippen LogP contribution in [0.2, 0.25) is 0 Å². The van der Waals surface area contributed by atoms with Crippen molar-refractivity contribution >= 4 is 5.96 Å². The van der Waals surface area contributed by atoms with E-state index in [1.165, 1.54) is 0 Å². The molecule has 0 aliphatic carbocycles. The Morgan fingerprint density at radius 3 is 2.67 bits per heavy atom. The number of hydrogen-bond acceptors (Lipinski definition) is 5. The van der Waals surface area contributed by atoms with Gasteiger partial charge in [0.25, 0.3) is 0 Å². The van der Waals surface area contributed by atoms with E-state index in [-0.39, 0.29) is 12.0 Å². The maximum absolute atomic E-state index is 6.06. The van der Waals surface area contributed by atoms with Gasteiger partial charge in [-0.25, -0.2) is 0 Å². The molecule has 0 atom stereocenters. The second-order valence-electron chi connectivity index (χ2n) is 7.04. The van der Waals surface area contributed by atoms with E-state index < -0.39 is 0 Å². The number of benzene rings is 1. The summed E-state index contributed by atoms with van der Waals surface area (Å²) in [5.41, 5.74) is 0. The van der Waals surface area contributed by atoms with E-state index in [2.05, 4.69) is 39.2 Å². The van der Waals surface area contributed by atoms with Crippen LogP contribution in [0.25, 0.3) is 0 Å². The quantitative estimate of drug-likeness (QED) is 0.622. The fourth-order valence-electron chi connectivity index (χ4n) is 3.09. The molecule has 1 aliphatic rings. The first-order valence-electron chi connectivity index (χ1n) is 9.65. The monoisotopic (exact) mass is 371 g/mol. The van der Waals surface area contributed by atoms with E-state index in [1.54, 1.807) is 0 Å². The molecule has 1 saturated heterocycles. The van der Waals surface area contributed by atoms with Gasteiger partial charge in [-0.1, -0.05) is 37.2 Å². The lowest BCUT2D eigenvalue weighted by Crippen LogP contribution is -2.47. The highest BCUT2D eigenvalue weighted by Crippen LogP contribution is 2.18. The number of nitrogens with one attached hydrogen (secondary N) is 1. The summed E-state index contributed by atoms with van der Waals surface area (Å²) < 4.78 is 11.3. The Morgan fingerprint density at radius 1 is 1.30 bits per heavy atom. The lowest BCUT2D eigenvalue weighted by molar-refractivity contribution is 0.129. The second-order valence-corrected chi connectivity index (χ2v) is 7.04. The van der Waals surface area contributed by atoms with Gasteiger partial charge < -0.3 is 19.5 Å². The molecule has 1 aromatic carbocycles. The third-order valence-corrected chi connectivity index (χ3v) is 4.62. The van der Waals surface area contributed by atoms with Crippen LogP contribution in [-0.2, 0) is 6.42 Å². The molecule has 0 saturated carbocycles. The van der Waals surface area contributed by atoms with Gasteiger partial charge in [-0.05, 0) is 12.1 Å². The van der Waals surface area contributed by atoms with Crippen molar-refractivity contribution in [2.75, 3.05) is 26.7 Å². The number of para-hydroxylation sites is 1. The van der Waals surface area contributed by atoms with Crippen LogP contribution in [0.4, 0.5) is 0 Å². The number of nitrogens with zero attached hydrogens (tertiary/aromatic N) is 4. The van der Waals surface area contributed by atoms with Crippen molar-refractivity contribution in [3.05, 3.63) is 42.0 Å². The number of aliphatic imine (C=N–C) groups is 1. The normalized spacial score (nSPS) is 16.0. The Morgan fingerprint density at radius 2 is 2.04 bits per heavy atom. The first-order chi connectivity index (χ1) is 13.2. The molecule has 1 fully saturated rings. The van der Waals surface area contributed by atoms with Gasteiger partial charge in [-0.15, -0.1) is 0 Å². The fourth-order valence-corrected chi connectivity index (χ4v) is 3.09. The van der Waals surface area contributed by atoms with E-state index in [9.17, 15) is 0 Å². The van der Waals surface area contributed by atoms with Crippen molar-refractivity contribution in [3.8, 4) is 5.75 Å². The van der Waals surface area contributed by atoms with Crippen LogP contribution >= 0.6 is 0 Å². The molecule has 1 aromatic heterocycles. The minimum atomic E-state index is 0.259. The Labute approximate surface area is 160 Å². The van der Waals surface area contributed by atoms with Crippen LogP contribution in [-0.4, -0.2) is 53.8 Å². The fraction of sp³-hybridized carbons (Fsp3) is 0.550. The van der Waals surface area contributed by atoms with Crippen molar-refractivity contribution in [1.29, 1.82) is 0 Å². The molecule has 7 heteroatoms. The van der Waals surface area contributed by atoms with Crippen LogP contribution < -0.4 is 10.1 Å². The van der Waals surface area contributed by atoms with E-state index in [1.807, 2.05) is 37.4 Å². The average Bonchev–Trinajstić information content (AvgIpc) is 3.16. The maximum atomic E-state index is 6.06. The minimum absolute atomic E-state index is 0.259. The molecule has 0 amide bonds. The van der Waals surface area contributed by atoms with Crippen LogP contribution in [0.1, 0.15) is 44.3 Å². The predicted molar refractivity (Wildman–Crippen MR) is 105 cm³/mol. The van der Waals surface area contributed by atoms with Crippen molar-refractivity contribution in [1.82, 2.24) is 20.4 Å².